The molecule has 0 saturated heterocycles. The van der Waals surface area contributed by atoms with E-state index >= 15 is 0 Å². The van der Waals surface area contributed by atoms with Gasteiger partial charge < -0.3 is 19.5 Å². The van der Waals surface area contributed by atoms with Crippen LogP contribution in [0, 0.1) is 0 Å². The van der Waals surface area contributed by atoms with Gasteiger partial charge in [0.05, 0.1) is 19.6 Å². The maximum absolute atomic E-state index is 11.8. The average molecular weight is 351 g/mol. The highest BCUT2D eigenvalue weighted by atomic mass is 16.5. The first-order valence-corrected chi connectivity index (χ1v) is 8.15. The van der Waals surface area contributed by atoms with Crippen molar-refractivity contribution in [2.75, 3.05) is 20.3 Å². The minimum absolute atomic E-state index is 0.0464. The molecule has 7 nitrogen and oxygen atoms in total. The number of carbonyl (C=O) groups is 3. The number of methoxy groups -OCH3 is 1. The first-order valence-electron chi connectivity index (χ1n) is 8.15. The fourth-order valence-electron chi connectivity index (χ4n) is 1.98. The van der Waals surface area contributed by atoms with Crippen molar-refractivity contribution in [3.63, 3.8) is 0 Å². The molecule has 0 bridgehead atoms. The number of hydrogen-bond donors (Lipinski definition) is 1. The molecule has 25 heavy (non-hydrogen) atoms. The summed E-state index contributed by atoms with van der Waals surface area (Å²) in [6.45, 7) is 3.81. The second-order valence-electron chi connectivity index (χ2n) is 5.68. The Kier molecular flexibility index (Phi) is 9.06. The van der Waals surface area contributed by atoms with Crippen LogP contribution in [-0.2, 0) is 30.3 Å². The Balaban J connectivity index is 2.28. The fourth-order valence-corrected chi connectivity index (χ4v) is 1.98. The molecule has 0 saturated carbocycles. The number of benzene rings is 1. The van der Waals surface area contributed by atoms with Crippen molar-refractivity contribution < 1.29 is 28.6 Å². The molecule has 1 amide bonds. The van der Waals surface area contributed by atoms with E-state index in [1.165, 1.54) is 7.11 Å². The number of carbonyl (C=O) groups excluding carboxylic acids is 3. The van der Waals surface area contributed by atoms with Gasteiger partial charge in [-0.1, -0.05) is 12.1 Å². The van der Waals surface area contributed by atoms with Gasteiger partial charge in [0, 0.05) is 13.0 Å². The van der Waals surface area contributed by atoms with Gasteiger partial charge >= 0.3 is 11.9 Å². The zero-order valence-electron chi connectivity index (χ0n) is 14.9. The van der Waals surface area contributed by atoms with Gasteiger partial charge in [-0.15, -0.1) is 0 Å². The number of nitrogens with one attached hydrogen (secondary N) is 1. The summed E-state index contributed by atoms with van der Waals surface area (Å²) in [5.74, 6) is -0.547. The zero-order valence-corrected chi connectivity index (χ0v) is 14.9. The van der Waals surface area contributed by atoms with Gasteiger partial charge in [0.2, 0.25) is 0 Å². The normalized spacial score (nSPS) is 10.2. The van der Waals surface area contributed by atoms with Crippen molar-refractivity contribution in [2.24, 2.45) is 0 Å². The second kappa shape index (κ2) is 11.1. The molecule has 1 N–H and O–H groups in total. The van der Waals surface area contributed by atoms with Crippen LogP contribution in [0.15, 0.2) is 24.3 Å². The molecule has 138 valence electrons. The number of ether oxygens (including phenoxy) is 3. The van der Waals surface area contributed by atoms with Gasteiger partial charge in [-0.3, -0.25) is 14.4 Å². The summed E-state index contributed by atoms with van der Waals surface area (Å²) in [5, 5.41) is 2.57. The molecular formula is C18H25NO6. The lowest BCUT2D eigenvalue weighted by Crippen LogP contribution is -2.30. The number of esters is 2. The highest BCUT2D eigenvalue weighted by molar-refractivity contribution is 5.81. The molecule has 0 aromatic heterocycles. The van der Waals surface area contributed by atoms with Crippen LogP contribution in [0.5, 0.6) is 5.75 Å². The van der Waals surface area contributed by atoms with Gasteiger partial charge in [-0.05, 0) is 38.0 Å². The van der Waals surface area contributed by atoms with E-state index in [-0.39, 0.29) is 31.5 Å². The third kappa shape index (κ3) is 9.34. The quantitative estimate of drug-likeness (QED) is 0.509. The highest BCUT2D eigenvalue weighted by Crippen LogP contribution is 2.15. The maximum Gasteiger partial charge on any atom is 0.310 e. The summed E-state index contributed by atoms with van der Waals surface area (Å²) in [5.41, 5.74) is 0.752. The van der Waals surface area contributed by atoms with Crippen LogP contribution in [0.2, 0.25) is 0 Å². The van der Waals surface area contributed by atoms with Crippen molar-refractivity contribution in [3.8, 4) is 5.75 Å². The molecule has 0 aliphatic rings. The highest BCUT2D eigenvalue weighted by Gasteiger charge is 2.10. The maximum atomic E-state index is 11.8. The van der Waals surface area contributed by atoms with Crippen LogP contribution >= 0.6 is 0 Å². The molecule has 0 aliphatic heterocycles. The molecule has 0 unspecified atom stereocenters. The Morgan fingerprint density at radius 1 is 1.16 bits per heavy atom. The van der Waals surface area contributed by atoms with E-state index in [1.807, 2.05) is 19.9 Å². The summed E-state index contributed by atoms with van der Waals surface area (Å²) in [7, 11) is 1.31. The lowest BCUT2D eigenvalue weighted by molar-refractivity contribution is -0.147. The summed E-state index contributed by atoms with van der Waals surface area (Å²) >= 11 is 0. The predicted octanol–water partition coefficient (Wildman–Crippen LogP) is 1.63. The molecule has 1 rings (SSSR count). The summed E-state index contributed by atoms with van der Waals surface area (Å²) in [6, 6.07) is 7.18. The molecular weight excluding hydrogens is 326 g/mol. The van der Waals surface area contributed by atoms with Gasteiger partial charge in [0.15, 0.2) is 6.61 Å². The van der Waals surface area contributed by atoms with E-state index < -0.39 is 11.9 Å². The standard InChI is InChI=1S/C18H25NO6/c1-13(2)25-15-7-4-6-14(10-15)11-18(22)24-12-16(20)19-9-5-8-17(21)23-3/h4,6-7,10,13H,5,8-9,11-12H2,1-3H3,(H,19,20). The largest absolute Gasteiger partial charge is 0.491 e. The molecule has 1 aromatic carbocycles. The van der Waals surface area contributed by atoms with E-state index in [1.54, 1.807) is 18.2 Å². The molecule has 0 atom stereocenters. The summed E-state index contributed by atoms with van der Waals surface area (Å²) < 4.78 is 15.0. The van der Waals surface area contributed by atoms with E-state index in [2.05, 4.69) is 10.1 Å². The second-order valence-corrected chi connectivity index (χ2v) is 5.68. The van der Waals surface area contributed by atoms with Crippen LogP contribution < -0.4 is 10.1 Å². The van der Waals surface area contributed by atoms with Crippen molar-refractivity contribution in [2.45, 2.75) is 39.2 Å². The Morgan fingerprint density at radius 2 is 1.92 bits per heavy atom. The van der Waals surface area contributed by atoms with Crippen LogP contribution in [0.3, 0.4) is 0 Å². The van der Waals surface area contributed by atoms with Crippen molar-refractivity contribution in [3.05, 3.63) is 29.8 Å². The van der Waals surface area contributed by atoms with Crippen LogP contribution in [0.25, 0.3) is 0 Å². The van der Waals surface area contributed by atoms with Crippen LogP contribution in [-0.4, -0.2) is 44.2 Å². The molecule has 0 fully saturated rings. The topological polar surface area (TPSA) is 90.9 Å². The first-order chi connectivity index (χ1) is 11.9. The molecule has 0 heterocycles. The van der Waals surface area contributed by atoms with Crippen molar-refractivity contribution >= 4 is 17.8 Å². The summed E-state index contributed by atoms with van der Waals surface area (Å²) in [6.07, 6.45) is 0.802. The van der Waals surface area contributed by atoms with E-state index in [0.29, 0.717) is 18.7 Å². The number of rotatable bonds is 10. The smallest absolute Gasteiger partial charge is 0.310 e. The Hall–Kier alpha value is -2.57. The molecule has 7 heteroatoms. The van der Waals surface area contributed by atoms with Crippen LogP contribution in [0.4, 0.5) is 0 Å². The third-order valence-electron chi connectivity index (χ3n) is 3.09. The molecule has 0 spiro atoms. The van der Waals surface area contributed by atoms with Gasteiger partial charge in [-0.25, -0.2) is 0 Å². The molecule has 1 aromatic rings. The summed E-state index contributed by atoms with van der Waals surface area (Å²) in [4.78, 5) is 34.3. The zero-order chi connectivity index (χ0) is 18.7. The van der Waals surface area contributed by atoms with Gasteiger partial charge in [0.1, 0.15) is 5.75 Å². The molecule has 0 aliphatic carbocycles. The predicted molar refractivity (Wildman–Crippen MR) is 91.1 cm³/mol. The van der Waals surface area contributed by atoms with E-state index in [4.69, 9.17) is 9.47 Å². The van der Waals surface area contributed by atoms with Crippen LogP contribution in [0.1, 0.15) is 32.3 Å². The van der Waals surface area contributed by atoms with Crippen molar-refractivity contribution in [1.82, 2.24) is 5.32 Å². The fraction of sp³-hybridized carbons (Fsp3) is 0.500. The molecule has 0 radical (unpaired) electrons. The SMILES string of the molecule is COC(=O)CCCNC(=O)COC(=O)Cc1cccc(OC(C)C)c1. The lowest BCUT2D eigenvalue weighted by Gasteiger charge is -2.11. The Bertz CT molecular complexity index is 585. The lowest BCUT2D eigenvalue weighted by atomic mass is 10.1. The monoisotopic (exact) mass is 351 g/mol. The average Bonchev–Trinajstić information content (AvgIpc) is 2.56. The Labute approximate surface area is 147 Å². The van der Waals surface area contributed by atoms with Crippen molar-refractivity contribution in [1.29, 1.82) is 0 Å². The minimum Gasteiger partial charge on any atom is -0.491 e. The van der Waals surface area contributed by atoms with Gasteiger partial charge in [0.25, 0.3) is 5.91 Å². The number of hydrogen-bond acceptors (Lipinski definition) is 6. The van der Waals surface area contributed by atoms with E-state index in [9.17, 15) is 14.4 Å². The Morgan fingerprint density at radius 3 is 2.60 bits per heavy atom. The first kappa shape index (κ1) is 20.5. The van der Waals surface area contributed by atoms with E-state index in [0.717, 1.165) is 5.56 Å². The minimum atomic E-state index is -0.494. The number of amides is 1. The van der Waals surface area contributed by atoms with Gasteiger partial charge in [-0.2, -0.15) is 0 Å². The third-order valence-corrected chi connectivity index (χ3v) is 3.09.